The van der Waals surface area contributed by atoms with Crippen LogP contribution in [-0.4, -0.2) is 30.4 Å². The lowest BCUT2D eigenvalue weighted by Crippen LogP contribution is -2.47. The predicted octanol–water partition coefficient (Wildman–Crippen LogP) is 2.25. The molecule has 2 unspecified atom stereocenters. The number of carbonyl (C=O) groups is 3. The van der Waals surface area contributed by atoms with Gasteiger partial charge in [-0.2, -0.15) is 0 Å². The number of hydrogen-bond acceptors (Lipinski definition) is 4. The molecule has 1 fully saturated rings. The zero-order valence-electron chi connectivity index (χ0n) is 13.9. The summed E-state index contributed by atoms with van der Waals surface area (Å²) >= 11 is 0. The third kappa shape index (κ3) is 6.02. The van der Waals surface area contributed by atoms with E-state index in [1.54, 1.807) is 0 Å². The van der Waals surface area contributed by atoms with Gasteiger partial charge in [-0.25, -0.2) is 0 Å². The van der Waals surface area contributed by atoms with Gasteiger partial charge < -0.3 is 15.4 Å². The van der Waals surface area contributed by atoms with Crippen LogP contribution in [0.1, 0.15) is 39.0 Å². The number of nitrogens with one attached hydrogen (secondary N) is 2. The first-order valence-corrected chi connectivity index (χ1v) is 8.32. The Morgan fingerprint density at radius 3 is 2.50 bits per heavy atom. The summed E-state index contributed by atoms with van der Waals surface area (Å²) in [7, 11) is 0. The lowest BCUT2D eigenvalue weighted by molar-refractivity contribution is -0.141. The Morgan fingerprint density at radius 2 is 1.88 bits per heavy atom. The van der Waals surface area contributed by atoms with Crippen molar-refractivity contribution in [2.45, 2.75) is 45.1 Å². The molecular formula is C18H24N2O4. The van der Waals surface area contributed by atoms with E-state index < -0.39 is 0 Å². The van der Waals surface area contributed by atoms with Crippen LogP contribution in [0.25, 0.3) is 0 Å². The van der Waals surface area contributed by atoms with Crippen molar-refractivity contribution in [3.05, 3.63) is 30.3 Å². The number of ether oxygens (including phenoxy) is 1. The second-order valence-electron chi connectivity index (χ2n) is 6.07. The molecule has 0 heterocycles. The average molecular weight is 332 g/mol. The second kappa shape index (κ2) is 9.05. The van der Waals surface area contributed by atoms with E-state index in [0.29, 0.717) is 19.3 Å². The number of amides is 2. The minimum Gasteiger partial charge on any atom is -0.466 e. The third-order valence-electron chi connectivity index (χ3n) is 4.12. The number of anilines is 1. The van der Waals surface area contributed by atoms with Crippen LogP contribution >= 0.6 is 0 Å². The van der Waals surface area contributed by atoms with Gasteiger partial charge in [-0.15, -0.1) is 0 Å². The molecule has 2 amide bonds. The number of para-hydroxylation sites is 1. The Labute approximate surface area is 142 Å². The van der Waals surface area contributed by atoms with Gasteiger partial charge in [-0.3, -0.25) is 14.4 Å². The fraction of sp³-hybridized carbons (Fsp3) is 0.500. The van der Waals surface area contributed by atoms with Crippen molar-refractivity contribution in [1.82, 2.24) is 5.32 Å². The molecule has 1 saturated carbocycles. The number of rotatable bonds is 8. The summed E-state index contributed by atoms with van der Waals surface area (Å²) in [5.41, 5.74) is 0.785. The lowest BCUT2D eigenvalue weighted by atomic mass is 9.77. The van der Waals surface area contributed by atoms with E-state index in [-0.39, 0.29) is 36.4 Å². The Kier molecular flexibility index (Phi) is 6.78. The molecule has 130 valence electrons. The molecule has 2 rings (SSSR count). The van der Waals surface area contributed by atoms with Gasteiger partial charge in [0.15, 0.2) is 0 Å². The summed E-state index contributed by atoms with van der Waals surface area (Å²) in [4.78, 5) is 34.5. The monoisotopic (exact) mass is 332 g/mol. The van der Waals surface area contributed by atoms with E-state index in [4.69, 9.17) is 4.74 Å². The molecule has 24 heavy (non-hydrogen) atoms. The summed E-state index contributed by atoms with van der Waals surface area (Å²) in [5, 5.41) is 5.83. The van der Waals surface area contributed by atoms with Gasteiger partial charge in [0, 0.05) is 31.5 Å². The fourth-order valence-electron chi connectivity index (χ4n) is 2.70. The standard InChI is InChI=1S/C18H24N2O4/c1-13(21)24-11-5-8-17(22)20-16-10-9-14(16)12-18(23)19-15-6-3-2-4-7-15/h2-4,6-7,14,16H,5,8-12H2,1H3,(H,19,23)(H,20,22). The first kappa shape index (κ1) is 18.0. The quantitative estimate of drug-likeness (QED) is 0.565. The maximum Gasteiger partial charge on any atom is 0.302 e. The van der Waals surface area contributed by atoms with Crippen molar-refractivity contribution in [2.24, 2.45) is 5.92 Å². The topological polar surface area (TPSA) is 84.5 Å². The molecule has 6 heteroatoms. The van der Waals surface area contributed by atoms with E-state index in [0.717, 1.165) is 18.5 Å². The zero-order chi connectivity index (χ0) is 17.4. The molecule has 1 aromatic rings. The molecule has 0 aliphatic heterocycles. The Bertz CT molecular complexity index is 574. The molecule has 0 radical (unpaired) electrons. The van der Waals surface area contributed by atoms with Gasteiger partial charge in [-0.05, 0) is 37.3 Å². The van der Waals surface area contributed by atoms with Crippen LogP contribution in [0.3, 0.4) is 0 Å². The highest BCUT2D eigenvalue weighted by atomic mass is 16.5. The van der Waals surface area contributed by atoms with Crippen LogP contribution in [0, 0.1) is 5.92 Å². The molecule has 2 N–H and O–H groups in total. The van der Waals surface area contributed by atoms with Crippen LogP contribution < -0.4 is 10.6 Å². The van der Waals surface area contributed by atoms with Crippen LogP contribution in [0.15, 0.2) is 30.3 Å². The average Bonchev–Trinajstić information content (AvgIpc) is 2.54. The molecule has 1 aliphatic carbocycles. The van der Waals surface area contributed by atoms with Crippen molar-refractivity contribution in [2.75, 3.05) is 11.9 Å². The minimum absolute atomic E-state index is 0.0278. The van der Waals surface area contributed by atoms with Crippen LogP contribution in [-0.2, 0) is 19.1 Å². The second-order valence-corrected chi connectivity index (χ2v) is 6.07. The summed E-state index contributed by atoms with van der Waals surface area (Å²) in [6, 6.07) is 9.40. The van der Waals surface area contributed by atoms with Gasteiger partial charge in [-0.1, -0.05) is 18.2 Å². The van der Waals surface area contributed by atoms with Crippen molar-refractivity contribution < 1.29 is 19.1 Å². The van der Waals surface area contributed by atoms with E-state index in [1.807, 2.05) is 30.3 Å². The lowest BCUT2D eigenvalue weighted by Gasteiger charge is -2.36. The number of benzene rings is 1. The number of hydrogen-bond donors (Lipinski definition) is 2. The summed E-state index contributed by atoms with van der Waals surface area (Å²) < 4.78 is 4.80. The number of esters is 1. The molecule has 0 bridgehead atoms. The first-order chi connectivity index (χ1) is 11.5. The maximum atomic E-state index is 12.0. The molecule has 6 nitrogen and oxygen atoms in total. The zero-order valence-corrected chi connectivity index (χ0v) is 13.9. The molecule has 1 aromatic carbocycles. The molecule has 2 atom stereocenters. The molecule has 0 aromatic heterocycles. The van der Waals surface area contributed by atoms with Crippen molar-refractivity contribution in [3.8, 4) is 0 Å². The van der Waals surface area contributed by atoms with Gasteiger partial charge in [0.2, 0.25) is 11.8 Å². The predicted molar refractivity (Wildman–Crippen MR) is 90.2 cm³/mol. The smallest absolute Gasteiger partial charge is 0.302 e. The van der Waals surface area contributed by atoms with Crippen molar-refractivity contribution in [1.29, 1.82) is 0 Å². The van der Waals surface area contributed by atoms with Crippen LogP contribution in [0.4, 0.5) is 5.69 Å². The van der Waals surface area contributed by atoms with Crippen LogP contribution in [0.5, 0.6) is 0 Å². The van der Waals surface area contributed by atoms with Crippen molar-refractivity contribution in [3.63, 3.8) is 0 Å². The number of carbonyl (C=O) groups excluding carboxylic acids is 3. The fourth-order valence-corrected chi connectivity index (χ4v) is 2.70. The van der Waals surface area contributed by atoms with Gasteiger partial charge >= 0.3 is 5.97 Å². The summed E-state index contributed by atoms with van der Waals surface area (Å²) in [6.45, 7) is 1.61. The van der Waals surface area contributed by atoms with Gasteiger partial charge in [0.1, 0.15) is 0 Å². The van der Waals surface area contributed by atoms with Crippen molar-refractivity contribution >= 4 is 23.5 Å². The molecular weight excluding hydrogens is 308 g/mol. The summed E-state index contributed by atoms with van der Waals surface area (Å²) in [6.07, 6.45) is 3.09. The SMILES string of the molecule is CC(=O)OCCCC(=O)NC1CCC1CC(=O)Nc1ccccc1. The first-order valence-electron chi connectivity index (χ1n) is 8.32. The van der Waals surface area contributed by atoms with E-state index >= 15 is 0 Å². The molecule has 0 spiro atoms. The van der Waals surface area contributed by atoms with E-state index in [1.165, 1.54) is 6.92 Å². The highest BCUT2D eigenvalue weighted by molar-refractivity contribution is 5.91. The Hall–Kier alpha value is -2.37. The van der Waals surface area contributed by atoms with Gasteiger partial charge in [0.25, 0.3) is 0 Å². The minimum atomic E-state index is -0.334. The van der Waals surface area contributed by atoms with E-state index in [9.17, 15) is 14.4 Å². The molecule has 1 aliphatic rings. The highest BCUT2D eigenvalue weighted by Crippen LogP contribution is 2.30. The highest BCUT2D eigenvalue weighted by Gasteiger charge is 2.33. The normalized spacial score (nSPS) is 19.0. The maximum absolute atomic E-state index is 12.0. The van der Waals surface area contributed by atoms with Gasteiger partial charge in [0.05, 0.1) is 6.61 Å². The Balaban J connectivity index is 1.65. The summed E-state index contributed by atoms with van der Waals surface area (Å²) in [5.74, 6) is -0.231. The Morgan fingerprint density at radius 1 is 1.12 bits per heavy atom. The third-order valence-corrected chi connectivity index (χ3v) is 4.12. The van der Waals surface area contributed by atoms with Crippen LogP contribution in [0.2, 0.25) is 0 Å². The van der Waals surface area contributed by atoms with E-state index in [2.05, 4.69) is 10.6 Å². The molecule has 0 saturated heterocycles. The largest absolute Gasteiger partial charge is 0.466 e.